The van der Waals surface area contributed by atoms with Crippen LogP contribution >= 0.6 is 0 Å². The van der Waals surface area contributed by atoms with Crippen molar-refractivity contribution in [2.45, 2.75) is 45.5 Å². The Hall–Kier alpha value is -0.980. The lowest BCUT2D eigenvalue weighted by atomic mass is 10.1. The minimum Gasteiger partial charge on any atom is -0.437 e. The third kappa shape index (κ3) is 4.56. The summed E-state index contributed by atoms with van der Waals surface area (Å²) < 4.78 is 57.4. The molecule has 0 radical (unpaired) electrons. The molecular formula is C12H21F3N2O2. The Morgan fingerprint density at radius 3 is 2.32 bits per heavy atom. The van der Waals surface area contributed by atoms with Gasteiger partial charge in [-0.05, 0) is 27.7 Å². The van der Waals surface area contributed by atoms with Gasteiger partial charge < -0.3 is 9.64 Å². The lowest BCUT2D eigenvalue weighted by molar-refractivity contribution is -0.200. The van der Waals surface area contributed by atoms with E-state index < -0.39 is 31.4 Å². The van der Waals surface area contributed by atoms with Crippen molar-refractivity contribution in [1.29, 1.82) is 0 Å². The Morgan fingerprint density at radius 1 is 1.26 bits per heavy atom. The summed E-state index contributed by atoms with van der Waals surface area (Å²) in [5.41, 5.74) is -0.360. The minimum absolute atomic E-state index is 0.0597. The van der Waals surface area contributed by atoms with Gasteiger partial charge in [-0.25, -0.2) is 4.79 Å². The smallest absolute Gasteiger partial charge is 0.425 e. The molecule has 0 spiro atoms. The van der Waals surface area contributed by atoms with Crippen LogP contribution in [0.15, 0.2) is 0 Å². The molecule has 0 aromatic heterocycles. The highest BCUT2D eigenvalue weighted by Crippen LogP contribution is 2.23. The molecule has 1 fully saturated rings. The van der Waals surface area contributed by atoms with E-state index >= 15 is 0 Å². The van der Waals surface area contributed by atoms with Crippen LogP contribution in [0, 0.1) is 0 Å². The molecule has 0 aromatic carbocycles. The molecule has 3 unspecified atom stereocenters. The number of nitrogens with zero attached hydrogens (tertiary/aromatic N) is 2. The lowest BCUT2D eigenvalue weighted by Gasteiger charge is -2.42. The fraction of sp³-hybridized carbons (Fsp3) is 0.917. The number of piperazine rings is 1. The van der Waals surface area contributed by atoms with E-state index in [4.69, 9.17) is 2.74 Å². The van der Waals surface area contributed by atoms with Gasteiger partial charge in [0.25, 0.3) is 0 Å². The van der Waals surface area contributed by atoms with Crippen molar-refractivity contribution in [3.8, 4) is 0 Å². The molecule has 1 amide bonds. The number of carbonyl (C=O) groups is 1. The summed E-state index contributed by atoms with van der Waals surface area (Å²) in [5.74, 6) is 0. The molecule has 1 saturated heterocycles. The zero-order valence-electron chi connectivity index (χ0n) is 13.5. The SMILES string of the molecule is [2H]C1C([2H])N(C(C)(C)C)CCN1C(=O)OC(C)C(F)(F)F. The van der Waals surface area contributed by atoms with Gasteiger partial charge in [0.1, 0.15) is 0 Å². The van der Waals surface area contributed by atoms with Crippen molar-refractivity contribution < 1.29 is 25.4 Å². The summed E-state index contributed by atoms with van der Waals surface area (Å²) in [6.07, 6.45) is -8.08. The Morgan fingerprint density at radius 2 is 1.84 bits per heavy atom. The topological polar surface area (TPSA) is 32.8 Å². The van der Waals surface area contributed by atoms with E-state index in [9.17, 15) is 18.0 Å². The molecule has 19 heavy (non-hydrogen) atoms. The standard InChI is InChI=1S/C12H21F3N2O2/c1-9(12(13,14)15)19-10(18)16-5-7-17(8-6-16)11(2,3)4/h9H,5-8H2,1-4H3/i5D,7D. The molecule has 0 aliphatic carbocycles. The predicted molar refractivity (Wildman–Crippen MR) is 64.9 cm³/mol. The average Bonchev–Trinajstić information content (AvgIpc) is 2.29. The second kappa shape index (κ2) is 5.56. The largest absolute Gasteiger partial charge is 0.437 e. The maximum Gasteiger partial charge on any atom is 0.425 e. The van der Waals surface area contributed by atoms with E-state index in [1.54, 1.807) is 4.90 Å². The molecule has 1 heterocycles. The fourth-order valence-corrected chi connectivity index (χ4v) is 1.52. The number of alkyl halides is 3. The number of halogens is 3. The van der Waals surface area contributed by atoms with Gasteiger partial charge in [-0.1, -0.05) is 0 Å². The van der Waals surface area contributed by atoms with Gasteiger partial charge in [0, 0.05) is 33.0 Å². The van der Waals surface area contributed by atoms with Gasteiger partial charge in [-0.3, -0.25) is 4.90 Å². The van der Waals surface area contributed by atoms with Crippen LogP contribution in [-0.4, -0.2) is 59.8 Å². The zero-order chi connectivity index (χ0) is 16.6. The highest BCUT2D eigenvalue weighted by molar-refractivity contribution is 5.68. The molecule has 112 valence electrons. The van der Waals surface area contributed by atoms with E-state index in [2.05, 4.69) is 4.74 Å². The van der Waals surface area contributed by atoms with E-state index in [-0.39, 0.29) is 12.1 Å². The van der Waals surface area contributed by atoms with Crippen LogP contribution in [0.1, 0.15) is 30.4 Å². The van der Waals surface area contributed by atoms with Gasteiger partial charge in [0.15, 0.2) is 6.10 Å². The first-order chi connectivity index (χ1) is 9.35. The quantitative estimate of drug-likeness (QED) is 0.741. The molecule has 0 saturated carbocycles. The van der Waals surface area contributed by atoms with E-state index in [0.717, 1.165) is 11.8 Å². The Balaban J connectivity index is 2.73. The van der Waals surface area contributed by atoms with E-state index in [0.29, 0.717) is 6.54 Å². The molecule has 1 aliphatic heterocycles. The summed E-state index contributed by atoms with van der Waals surface area (Å²) >= 11 is 0. The maximum atomic E-state index is 12.4. The number of hydrogen-bond donors (Lipinski definition) is 0. The molecule has 0 aromatic rings. The minimum atomic E-state index is -4.64. The highest BCUT2D eigenvalue weighted by atomic mass is 19.4. The summed E-state index contributed by atoms with van der Waals surface area (Å²) in [4.78, 5) is 14.3. The Kier molecular flexibility index (Phi) is 3.81. The van der Waals surface area contributed by atoms with Crippen LogP contribution in [0.25, 0.3) is 0 Å². The molecule has 3 atom stereocenters. The van der Waals surface area contributed by atoms with Crippen LogP contribution in [0.4, 0.5) is 18.0 Å². The molecule has 4 nitrogen and oxygen atoms in total. The number of hydrogen-bond acceptors (Lipinski definition) is 3. The lowest BCUT2D eigenvalue weighted by Crippen LogP contribution is -2.55. The molecule has 1 aliphatic rings. The normalized spacial score (nSPS) is 29.5. The first kappa shape index (κ1) is 13.0. The second-order valence-corrected chi connectivity index (χ2v) is 5.42. The van der Waals surface area contributed by atoms with Crippen molar-refractivity contribution >= 4 is 6.09 Å². The van der Waals surface area contributed by atoms with Gasteiger partial charge in [-0.2, -0.15) is 13.2 Å². The Labute approximate surface area is 114 Å². The first-order valence-electron chi connectivity index (χ1n) is 7.16. The number of ether oxygens (including phenoxy) is 1. The fourth-order valence-electron chi connectivity index (χ4n) is 1.52. The van der Waals surface area contributed by atoms with Crippen LogP contribution in [0.5, 0.6) is 0 Å². The predicted octanol–water partition coefficient (Wildman–Crippen LogP) is 2.49. The summed E-state index contributed by atoms with van der Waals surface area (Å²) in [5, 5.41) is 0. The van der Waals surface area contributed by atoms with Crippen LogP contribution in [-0.2, 0) is 4.74 Å². The van der Waals surface area contributed by atoms with E-state index in [1.807, 2.05) is 20.8 Å². The molecule has 1 rings (SSSR count). The van der Waals surface area contributed by atoms with Gasteiger partial charge in [0.2, 0.25) is 0 Å². The maximum absolute atomic E-state index is 12.4. The van der Waals surface area contributed by atoms with Crippen molar-refractivity contribution in [2.75, 3.05) is 26.1 Å². The number of rotatable bonds is 1. The molecule has 0 bridgehead atoms. The van der Waals surface area contributed by atoms with Crippen molar-refractivity contribution in [2.24, 2.45) is 0 Å². The highest BCUT2D eigenvalue weighted by Gasteiger charge is 2.40. The van der Waals surface area contributed by atoms with Crippen molar-refractivity contribution in [1.82, 2.24) is 9.80 Å². The number of amides is 1. The first-order valence-corrected chi connectivity index (χ1v) is 6.01. The van der Waals surface area contributed by atoms with Crippen LogP contribution in [0.3, 0.4) is 0 Å². The van der Waals surface area contributed by atoms with Gasteiger partial charge in [0.05, 0.1) is 1.37 Å². The third-order valence-corrected chi connectivity index (χ3v) is 2.84. The van der Waals surface area contributed by atoms with Crippen LogP contribution < -0.4 is 0 Å². The summed E-state index contributed by atoms with van der Waals surface area (Å²) in [6.45, 7) is 4.41. The molecule has 7 heteroatoms. The van der Waals surface area contributed by atoms with E-state index in [1.165, 1.54) is 0 Å². The zero-order valence-corrected chi connectivity index (χ0v) is 11.5. The summed E-state index contributed by atoms with van der Waals surface area (Å²) in [7, 11) is 0. The van der Waals surface area contributed by atoms with Crippen molar-refractivity contribution in [3.05, 3.63) is 0 Å². The number of carbonyl (C=O) groups excluding carboxylic acids is 1. The molecular weight excluding hydrogens is 261 g/mol. The van der Waals surface area contributed by atoms with Crippen LogP contribution in [0.2, 0.25) is 0 Å². The monoisotopic (exact) mass is 284 g/mol. The third-order valence-electron chi connectivity index (χ3n) is 2.84. The Bertz CT molecular complexity index is 388. The van der Waals surface area contributed by atoms with Gasteiger partial charge in [-0.15, -0.1) is 0 Å². The second-order valence-electron chi connectivity index (χ2n) is 5.42. The molecule has 0 N–H and O–H groups in total. The summed E-state index contributed by atoms with van der Waals surface area (Å²) in [6, 6.07) is 0. The average molecular weight is 284 g/mol. The van der Waals surface area contributed by atoms with Crippen molar-refractivity contribution in [3.63, 3.8) is 0 Å². The van der Waals surface area contributed by atoms with Gasteiger partial charge >= 0.3 is 12.3 Å².